The molecule has 3 N–H and O–H groups in total. The molecule has 176 valence electrons. The zero-order valence-electron chi connectivity index (χ0n) is 19.7. The summed E-state index contributed by atoms with van der Waals surface area (Å²) < 4.78 is 5.00. The number of ether oxygens (including phenoxy) is 1. The molecule has 0 aliphatic carbocycles. The fraction of sp³-hybridized carbons (Fsp3) is 0.192. The van der Waals surface area contributed by atoms with Gasteiger partial charge in [0.05, 0.1) is 24.3 Å². The Morgan fingerprint density at radius 3 is 2.40 bits per heavy atom. The molecule has 1 amide bonds. The molecule has 1 aromatic heterocycles. The summed E-state index contributed by atoms with van der Waals surface area (Å²) in [6.45, 7) is 4.63. The van der Waals surface area contributed by atoms with Crippen molar-refractivity contribution in [1.82, 2.24) is 15.3 Å². The van der Waals surface area contributed by atoms with Crippen LogP contribution in [0.1, 0.15) is 32.7 Å². The zero-order chi connectivity index (χ0) is 25.2. The number of amides is 1. The number of nitriles is 2. The number of hydrogen-bond donors (Lipinski definition) is 3. The average Bonchev–Trinajstić information content (AvgIpc) is 2.85. The molecule has 0 aliphatic heterocycles. The van der Waals surface area contributed by atoms with E-state index in [1.807, 2.05) is 32.0 Å². The van der Waals surface area contributed by atoms with Crippen LogP contribution in [0.2, 0.25) is 0 Å². The summed E-state index contributed by atoms with van der Waals surface area (Å²) in [4.78, 5) is 21.6. The third kappa shape index (κ3) is 6.87. The third-order valence-corrected chi connectivity index (χ3v) is 4.98. The maximum Gasteiger partial charge on any atom is 0.270 e. The number of aryl methyl sites for hydroxylation is 2. The van der Waals surface area contributed by atoms with E-state index in [1.54, 1.807) is 43.5 Å². The maximum absolute atomic E-state index is 12.7. The van der Waals surface area contributed by atoms with Crippen LogP contribution in [0.5, 0.6) is 0 Å². The van der Waals surface area contributed by atoms with E-state index in [0.29, 0.717) is 30.2 Å². The molecule has 0 saturated heterocycles. The standard InChI is InChI=1S/C26H25N7O2/c1-17-13-20(5-4-10-27)14-18(2)24(17)32-23-15-22(25(34)29-11-12-35-3)31-26(33-23)30-21-8-6-19(16-28)7-9-21/h4-9,13-15H,11-12H2,1-3H3,(H,29,34)(H2,30,31,32,33). The monoisotopic (exact) mass is 467 g/mol. The number of carbonyl (C=O) groups is 1. The second-order valence-electron chi connectivity index (χ2n) is 7.64. The molecule has 0 radical (unpaired) electrons. The highest BCUT2D eigenvalue weighted by molar-refractivity contribution is 5.93. The molecule has 9 heteroatoms. The molecule has 0 fully saturated rings. The maximum atomic E-state index is 12.7. The highest BCUT2D eigenvalue weighted by Crippen LogP contribution is 2.27. The van der Waals surface area contributed by atoms with Gasteiger partial charge in [0.25, 0.3) is 5.91 Å². The van der Waals surface area contributed by atoms with Gasteiger partial charge in [-0.15, -0.1) is 0 Å². The lowest BCUT2D eigenvalue weighted by Gasteiger charge is -2.15. The molecule has 0 unspecified atom stereocenters. The van der Waals surface area contributed by atoms with Gasteiger partial charge >= 0.3 is 0 Å². The number of nitrogens with zero attached hydrogens (tertiary/aromatic N) is 4. The van der Waals surface area contributed by atoms with E-state index in [9.17, 15) is 4.79 Å². The van der Waals surface area contributed by atoms with Crippen LogP contribution in [0.25, 0.3) is 6.08 Å². The first-order chi connectivity index (χ1) is 16.9. The van der Waals surface area contributed by atoms with E-state index < -0.39 is 0 Å². The van der Waals surface area contributed by atoms with Gasteiger partial charge in [-0.2, -0.15) is 15.5 Å². The number of anilines is 4. The number of methoxy groups -OCH3 is 1. The largest absolute Gasteiger partial charge is 0.383 e. The molecule has 0 bridgehead atoms. The third-order valence-electron chi connectivity index (χ3n) is 4.98. The molecule has 1 heterocycles. The van der Waals surface area contributed by atoms with Crippen molar-refractivity contribution >= 4 is 35.1 Å². The second kappa shape index (κ2) is 11.9. The van der Waals surface area contributed by atoms with Gasteiger partial charge in [0.2, 0.25) is 5.95 Å². The van der Waals surface area contributed by atoms with E-state index in [-0.39, 0.29) is 17.5 Å². The lowest BCUT2D eigenvalue weighted by Crippen LogP contribution is -2.28. The summed E-state index contributed by atoms with van der Waals surface area (Å²) in [5.74, 6) is 0.292. The summed E-state index contributed by atoms with van der Waals surface area (Å²) >= 11 is 0. The first-order valence-electron chi connectivity index (χ1n) is 10.8. The van der Waals surface area contributed by atoms with E-state index in [1.165, 1.54) is 6.08 Å². The first-order valence-corrected chi connectivity index (χ1v) is 10.8. The van der Waals surface area contributed by atoms with Crippen LogP contribution < -0.4 is 16.0 Å². The van der Waals surface area contributed by atoms with Crippen molar-refractivity contribution in [3.05, 3.63) is 76.5 Å². The minimum atomic E-state index is -0.360. The van der Waals surface area contributed by atoms with Crippen molar-refractivity contribution in [1.29, 1.82) is 10.5 Å². The Bertz CT molecular complexity index is 1300. The van der Waals surface area contributed by atoms with E-state index in [4.69, 9.17) is 15.3 Å². The number of nitrogens with one attached hydrogen (secondary N) is 3. The molecular weight excluding hydrogens is 442 g/mol. The van der Waals surface area contributed by atoms with Gasteiger partial charge in [0, 0.05) is 37.2 Å². The Hall–Kier alpha value is -4.73. The van der Waals surface area contributed by atoms with Gasteiger partial charge in [-0.25, -0.2) is 4.98 Å². The number of aromatic nitrogens is 2. The highest BCUT2D eigenvalue weighted by atomic mass is 16.5. The van der Waals surface area contributed by atoms with Crippen molar-refractivity contribution in [2.24, 2.45) is 0 Å². The Morgan fingerprint density at radius 1 is 1.06 bits per heavy atom. The van der Waals surface area contributed by atoms with Crippen LogP contribution in [-0.2, 0) is 4.74 Å². The molecule has 3 rings (SSSR count). The molecule has 9 nitrogen and oxygen atoms in total. The number of allylic oxidation sites excluding steroid dienone is 1. The van der Waals surface area contributed by atoms with Gasteiger partial charge in [-0.05, 0) is 73.0 Å². The first kappa shape index (κ1) is 24.9. The normalized spacial score (nSPS) is 10.4. The molecule has 0 spiro atoms. The molecule has 0 saturated carbocycles. The van der Waals surface area contributed by atoms with Gasteiger partial charge in [-0.3, -0.25) is 4.79 Å². The Morgan fingerprint density at radius 2 is 1.77 bits per heavy atom. The molecule has 2 aromatic carbocycles. The van der Waals surface area contributed by atoms with E-state index in [0.717, 1.165) is 22.4 Å². The highest BCUT2D eigenvalue weighted by Gasteiger charge is 2.14. The molecular formula is C26H25N7O2. The minimum absolute atomic E-state index is 0.179. The average molecular weight is 468 g/mol. The van der Waals surface area contributed by atoms with Crippen molar-refractivity contribution in [2.45, 2.75) is 13.8 Å². The summed E-state index contributed by atoms with van der Waals surface area (Å²) in [7, 11) is 1.56. The zero-order valence-corrected chi connectivity index (χ0v) is 19.7. The van der Waals surface area contributed by atoms with Crippen LogP contribution in [0, 0.1) is 36.5 Å². The van der Waals surface area contributed by atoms with Gasteiger partial charge < -0.3 is 20.7 Å². The molecule has 0 aliphatic rings. The number of rotatable bonds is 9. The number of carbonyl (C=O) groups excluding carboxylic acids is 1. The van der Waals surface area contributed by atoms with E-state index >= 15 is 0 Å². The second-order valence-corrected chi connectivity index (χ2v) is 7.64. The summed E-state index contributed by atoms with van der Waals surface area (Å²) in [5.41, 5.74) is 5.04. The van der Waals surface area contributed by atoms with Crippen molar-refractivity contribution < 1.29 is 9.53 Å². The molecule has 3 aromatic rings. The Balaban J connectivity index is 1.95. The summed E-state index contributed by atoms with van der Waals surface area (Å²) in [5, 5.41) is 27.0. The predicted octanol–water partition coefficient (Wildman–Crippen LogP) is 4.37. The SMILES string of the molecule is COCCNC(=O)c1cc(Nc2c(C)cc(C=CC#N)cc2C)nc(Nc2ccc(C#N)cc2)n1. The van der Waals surface area contributed by atoms with Gasteiger partial charge in [-0.1, -0.05) is 0 Å². The van der Waals surface area contributed by atoms with Crippen molar-refractivity contribution in [3.63, 3.8) is 0 Å². The number of hydrogen-bond acceptors (Lipinski definition) is 8. The minimum Gasteiger partial charge on any atom is -0.383 e. The topological polar surface area (TPSA) is 136 Å². The smallest absolute Gasteiger partial charge is 0.270 e. The van der Waals surface area contributed by atoms with E-state index in [2.05, 4.69) is 32.0 Å². The molecule has 35 heavy (non-hydrogen) atoms. The van der Waals surface area contributed by atoms with Crippen LogP contribution in [0.15, 0.2) is 48.5 Å². The fourth-order valence-electron chi connectivity index (χ4n) is 3.35. The number of benzene rings is 2. The van der Waals surface area contributed by atoms with Crippen molar-refractivity contribution in [3.8, 4) is 12.1 Å². The van der Waals surface area contributed by atoms with Crippen LogP contribution in [-0.4, -0.2) is 36.1 Å². The fourth-order valence-corrected chi connectivity index (χ4v) is 3.35. The molecule has 0 atom stereocenters. The lowest BCUT2D eigenvalue weighted by molar-refractivity contribution is 0.0932. The van der Waals surface area contributed by atoms with Crippen molar-refractivity contribution in [2.75, 3.05) is 30.9 Å². The predicted molar refractivity (Wildman–Crippen MR) is 135 cm³/mol. The quantitative estimate of drug-likeness (QED) is 0.312. The van der Waals surface area contributed by atoms with Gasteiger partial charge in [0.1, 0.15) is 11.5 Å². The summed E-state index contributed by atoms with van der Waals surface area (Å²) in [6.07, 6.45) is 3.18. The van der Waals surface area contributed by atoms with Gasteiger partial charge in [0.15, 0.2) is 0 Å². The van der Waals surface area contributed by atoms with Crippen LogP contribution in [0.4, 0.5) is 23.1 Å². The van der Waals surface area contributed by atoms with Crippen LogP contribution >= 0.6 is 0 Å². The Kier molecular flexibility index (Phi) is 8.49. The van der Waals surface area contributed by atoms with Crippen LogP contribution in [0.3, 0.4) is 0 Å². The Labute approximate surface area is 204 Å². The lowest BCUT2D eigenvalue weighted by atomic mass is 10.0. The summed E-state index contributed by atoms with van der Waals surface area (Å²) in [6, 6.07) is 16.4.